The summed E-state index contributed by atoms with van der Waals surface area (Å²) in [7, 11) is 0. The number of pyridine rings is 1. The van der Waals surface area contributed by atoms with Crippen molar-refractivity contribution < 1.29 is 24.2 Å². The maximum absolute atomic E-state index is 12.3. The van der Waals surface area contributed by atoms with Crippen LogP contribution in [-0.2, 0) is 4.79 Å². The highest BCUT2D eigenvalue weighted by Gasteiger charge is 2.26. The van der Waals surface area contributed by atoms with Crippen LogP contribution in [0.3, 0.4) is 0 Å². The largest absolute Gasteiger partial charge is 0.490 e. The molecule has 8 nitrogen and oxygen atoms in total. The second-order valence-electron chi connectivity index (χ2n) is 7.33. The van der Waals surface area contributed by atoms with E-state index in [0.717, 1.165) is 0 Å². The summed E-state index contributed by atoms with van der Waals surface area (Å²) in [5, 5.41) is 14.7. The Morgan fingerprint density at radius 1 is 0.968 bits per heavy atom. The van der Waals surface area contributed by atoms with Crippen LogP contribution in [0.5, 0.6) is 5.75 Å². The second-order valence-corrected chi connectivity index (χ2v) is 7.72. The van der Waals surface area contributed by atoms with Gasteiger partial charge in [0.1, 0.15) is 10.9 Å². The molecule has 3 N–H and O–H groups in total. The molecule has 0 spiro atoms. The highest BCUT2D eigenvalue weighted by Crippen LogP contribution is 2.28. The van der Waals surface area contributed by atoms with Gasteiger partial charge in [0.15, 0.2) is 0 Å². The topological polar surface area (TPSA) is 118 Å². The lowest BCUT2D eigenvalue weighted by molar-refractivity contribution is -0.143. The van der Waals surface area contributed by atoms with Crippen LogP contribution in [0.1, 0.15) is 46.4 Å². The highest BCUT2D eigenvalue weighted by atomic mass is 35.5. The Hall–Kier alpha value is -3.13. The van der Waals surface area contributed by atoms with E-state index in [4.69, 9.17) is 21.4 Å². The van der Waals surface area contributed by atoms with E-state index in [0.29, 0.717) is 42.6 Å². The van der Waals surface area contributed by atoms with Crippen LogP contribution in [0.15, 0.2) is 42.6 Å². The summed E-state index contributed by atoms with van der Waals surface area (Å²) in [5.41, 5.74) is 0.882. The van der Waals surface area contributed by atoms with E-state index in [1.54, 1.807) is 30.3 Å². The van der Waals surface area contributed by atoms with E-state index in [1.807, 2.05) is 0 Å². The highest BCUT2D eigenvalue weighted by molar-refractivity contribution is 6.29. The number of carboxylic acids is 1. The van der Waals surface area contributed by atoms with Crippen LogP contribution < -0.4 is 15.4 Å². The smallest absolute Gasteiger partial charge is 0.306 e. The molecule has 1 fully saturated rings. The van der Waals surface area contributed by atoms with E-state index < -0.39 is 5.97 Å². The molecule has 0 saturated heterocycles. The summed E-state index contributed by atoms with van der Waals surface area (Å²) in [5.74, 6) is -0.917. The molecule has 1 saturated carbocycles. The molecule has 164 valence electrons. The predicted octanol–water partition coefficient (Wildman–Crippen LogP) is 2.92. The number of hydrogen-bond acceptors (Lipinski definition) is 5. The minimum Gasteiger partial charge on any atom is -0.490 e. The van der Waals surface area contributed by atoms with Gasteiger partial charge in [-0.15, -0.1) is 0 Å². The van der Waals surface area contributed by atoms with Crippen molar-refractivity contribution in [2.24, 2.45) is 5.92 Å². The van der Waals surface area contributed by atoms with Gasteiger partial charge in [-0.25, -0.2) is 4.98 Å². The van der Waals surface area contributed by atoms with Gasteiger partial charge < -0.3 is 20.5 Å². The van der Waals surface area contributed by atoms with Crippen molar-refractivity contribution in [2.75, 3.05) is 13.1 Å². The van der Waals surface area contributed by atoms with Crippen LogP contribution >= 0.6 is 11.6 Å². The summed E-state index contributed by atoms with van der Waals surface area (Å²) in [6, 6.07) is 9.83. The predicted molar refractivity (Wildman–Crippen MR) is 114 cm³/mol. The van der Waals surface area contributed by atoms with Gasteiger partial charge in [0.25, 0.3) is 11.8 Å². The summed E-state index contributed by atoms with van der Waals surface area (Å²) in [6.45, 7) is 0.541. The molecule has 2 amide bonds. The lowest BCUT2D eigenvalue weighted by atomic mass is 9.87. The van der Waals surface area contributed by atoms with Gasteiger partial charge >= 0.3 is 5.97 Å². The number of aliphatic carboxylic acids is 1. The number of hydrogen-bond donors (Lipinski definition) is 3. The first kappa shape index (κ1) is 22.6. The van der Waals surface area contributed by atoms with Crippen LogP contribution in [0.4, 0.5) is 0 Å². The van der Waals surface area contributed by atoms with Gasteiger partial charge in [-0.3, -0.25) is 14.4 Å². The molecule has 3 rings (SSSR count). The van der Waals surface area contributed by atoms with E-state index in [2.05, 4.69) is 15.6 Å². The van der Waals surface area contributed by atoms with Crippen LogP contribution in [0, 0.1) is 5.92 Å². The monoisotopic (exact) mass is 445 g/mol. The molecule has 1 aromatic heterocycles. The molecule has 0 atom stereocenters. The molecule has 1 aromatic carbocycles. The molecule has 1 heterocycles. The number of ether oxygens (including phenoxy) is 1. The zero-order valence-corrected chi connectivity index (χ0v) is 17.6. The van der Waals surface area contributed by atoms with Crippen molar-refractivity contribution in [3.63, 3.8) is 0 Å². The number of benzene rings is 1. The average Bonchev–Trinajstić information content (AvgIpc) is 2.77. The number of halogens is 1. The Kier molecular flexibility index (Phi) is 7.83. The number of rotatable bonds is 8. The molecule has 0 radical (unpaired) electrons. The molecular formula is C22H24ClN3O5. The number of carboxylic acid groups (broad SMARTS) is 1. The van der Waals surface area contributed by atoms with E-state index >= 15 is 0 Å². The first-order valence-electron chi connectivity index (χ1n) is 10.1. The van der Waals surface area contributed by atoms with Crippen molar-refractivity contribution in [1.82, 2.24) is 15.6 Å². The van der Waals surface area contributed by atoms with Gasteiger partial charge in [-0.05, 0) is 62.1 Å². The normalized spacial score (nSPS) is 18.1. The lowest BCUT2D eigenvalue weighted by Gasteiger charge is -2.26. The Balaban J connectivity index is 1.39. The minimum absolute atomic E-state index is 0.00540. The SMILES string of the molecule is O=C(NCCNC(=O)c1ccnc(Cl)c1)c1ccc(O[C@H]2CC[C@@H](C(=O)O)CC2)cc1. The Labute approximate surface area is 185 Å². The molecule has 0 unspecified atom stereocenters. The fraction of sp³-hybridized carbons (Fsp3) is 0.364. The number of aromatic nitrogens is 1. The number of nitrogens with one attached hydrogen (secondary N) is 2. The summed E-state index contributed by atoms with van der Waals surface area (Å²) in [4.78, 5) is 39.1. The van der Waals surface area contributed by atoms with Crippen LogP contribution in [0.2, 0.25) is 5.15 Å². The van der Waals surface area contributed by atoms with E-state index in [9.17, 15) is 14.4 Å². The van der Waals surface area contributed by atoms with Gasteiger partial charge in [0.05, 0.1) is 12.0 Å². The molecule has 31 heavy (non-hydrogen) atoms. The van der Waals surface area contributed by atoms with Gasteiger partial charge in [-0.2, -0.15) is 0 Å². The third-order valence-corrected chi connectivity index (χ3v) is 5.33. The molecule has 9 heteroatoms. The standard InChI is InChI=1S/C22H24ClN3O5/c23-19-13-16(9-10-24-19)21(28)26-12-11-25-20(27)14-1-5-17(6-2-14)31-18-7-3-15(4-8-18)22(29)30/h1-2,5-6,9-10,13,15,18H,3-4,7-8,11-12H2,(H,25,27)(H,26,28)(H,29,30)/t15-,18+. The van der Waals surface area contributed by atoms with Gasteiger partial charge in [0, 0.05) is 30.4 Å². The Morgan fingerprint density at radius 3 is 2.16 bits per heavy atom. The minimum atomic E-state index is -0.741. The van der Waals surface area contributed by atoms with Gasteiger partial charge in [-0.1, -0.05) is 11.6 Å². The quantitative estimate of drug-likeness (QED) is 0.424. The van der Waals surface area contributed by atoms with Crippen molar-refractivity contribution in [1.29, 1.82) is 0 Å². The average molecular weight is 446 g/mol. The van der Waals surface area contributed by atoms with Crippen LogP contribution in [-0.4, -0.2) is 47.1 Å². The van der Waals surface area contributed by atoms with Crippen LogP contribution in [0.25, 0.3) is 0 Å². The van der Waals surface area contributed by atoms with Crippen molar-refractivity contribution in [3.8, 4) is 5.75 Å². The number of amides is 2. The third kappa shape index (κ3) is 6.68. The summed E-state index contributed by atoms with van der Waals surface area (Å²) >= 11 is 5.76. The number of nitrogens with zero attached hydrogens (tertiary/aromatic N) is 1. The van der Waals surface area contributed by atoms with Crippen molar-refractivity contribution in [3.05, 3.63) is 58.9 Å². The van der Waals surface area contributed by atoms with E-state index in [1.165, 1.54) is 12.3 Å². The fourth-order valence-corrected chi connectivity index (χ4v) is 3.58. The third-order valence-electron chi connectivity index (χ3n) is 5.13. The number of carbonyl (C=O) groups is 3. The number of carbonyl (C=O) groups excluding carboxylic acids is 2. The summed E-state index contributed by atoms with van der Waals surface area (Å²) < 4.78 is 5.91. The fourth-order valence-electron chi connectivity index (χ4n) is 3.40. The molecule has 1 aliphatic carbocycles. The lowest BCUT2D eigenvalue weighted by Crippen LogP contribution is -2.34. The zero-order chi connectivity index (χ0) is 22.2. The molecule has 2 aromatic rings. The molecular weight excluding hydrogens is 422 g/mol. The molecule has 1 aliphatic rings. The molecule has 0 aliphatic heterocycles. The Bertz CT molecular complexity index is 927. The first-order valence-corrected chi connectivity index (χ1v) is 10.5. The Morgan fingerprint density at radius 2 is 1.58 bits per heavy atom. The van der Waals surface area contributed by atoms with E-state index in [-0.39, 0.29) is 42.1 Å². The second kappa shape index (κ2) is 10.8. The molecule has 0 bridgehead atoms. The maximum atomic E-state index is 12.3. The summed E-state index contributed by atoms with van der Waals surface area (Å²) in [6.07, 6.45) is 4.09. The zero-order valence-electron chi connectivity index (χ0n) is 16.8. The van der Waals surface area contributed by atoms with Crippen molar-refractivity contribution >= 4 is 29.4 Å². The first-order chi connectivity index (χ1) is 14.9. The van der Waals surface area contributed by atoms with Crippen molar-refractivity contribution in [2.45, 2.75) is 31.8 Å². The maximum Gasteiger partial charge on any atom is 0.306 e. The van der Waals surface area contributed by atoms with Gasteiger partial charge in [0.2, 0.25) is 0 Å².